The second-order valence-electron chi connectivity index (χ2n) is 18.2. The molecule has 5 rings (SSSR count). The molecule has 5 aliphatic rings. The zero-order valence-electron chi connectivity index (χ0n) is 33.9. The summed E-state index contributed by atoms with van der Waals surface area (Å²) in [4.78, 5) is 51.5. The van der Waals surface area contributed by atoms with Gasteiger partial charge in [0.05, 0.1) is 54.9 Å². The van der Waals surface area contributed by atoms with Crippen molar-refractivity contribution >= 4 is 23.9 Å². The Morgan fingerprint density at radius 1 is 0.964 bits per heavy atom. The molecule has 3 fully saturated rings. The lowest BCUT2D eigenvalue weighted by Gasteiger charge is -2.54. The molecule has 5 heterocycles. The third kappa shape index (κ3) is 9.57. The Labute approximate surface area is 328 Å². The molecule has 314 valence electrons. The minimum Gasteiger partial charge on any atom is -0.466 e. The number of carbonyl (C=O) groups is 4. The minimum atomic E-state index is -2.01. The van der Waals surface area contributed by atoms with Gasteiger partial charge in [0.1, 0.15) is 18.3 Å². The number of fused-ring (bicyclic) bond motifs is 8. The fraction of sp³-hybridized carbons (Fsp3) is 0.756. The van der Waals surface area contributed by atoms with Crippen LogP contribution < -0.4 is 0 Å². The first kappa shape index (κ1) is 43.9. The van der Waals surface area contributed by atoms with E-state index in [4.69, 9.17) is 33.2 Å². The Morgan fingerprint density at radius 3 is 2.30 bits per heavy atom. The summed E-state index contributed by atoms with van der Waals surface area (Å²) in [5, 5.41) is 46.7. The summed E-state index contributed by atoms with van der Waals surface area (Å²) < 4.78 is 41.5. The normalized spacial score (nSPS) is 39.5. The van der Waals surface area contributed by atoms with Crippen LogP contribution in [0, 0.1) is 16.2 Å². The average Bonchev–Trinajstić information content (AvgIpc) is 3.44. The first-order chi connectivity index (χ1) is 25.8. The second-order valence-corrected chi connectivity index (χ2v) is 18.2. The van der Waals surface area contributed by atoms with E-state index in [0.29, 0.717) is 11.1 Å². The Kier molecular flexibility index (Phi) is 12.7. The van der Waals surface area contributed by atoms with Crippen LogP contribution in [0.3, 0.4) is 0 Å². The first-order valence-corrected chi connectivity index (χ1v) is 19.4. The Bertz CT molecular complexity index is 1600. The van der Waals surface area contributed by atoms with Gasteiger partial charge in [-0.1, -0.05) is 45.4 Å². The molecular weight excluding hydrogens is 732 g/mol. The highest BCUT2D eigenvalue weighted by Crippen LogP contribution is 2.50. The summed E-state index contributed by atoms with van der Waals surface area (Å²) in [6.45, 7) is 13.5. The summed E-state index contributed by atoms with van der Waals surface area (Å²) in [6, 6.07) is 0. The quantitative estimate of drug-likeness (QED) is 0.140. The highest BCUT2D eigenvalue weighted by atomic mass is 16.7. The molecule has 0 aromatic heterocycles. The van der Waals surface area contributed by atoms with Crippen molar-refractivity contribution in [2.24, 2.45) is 16.2 Å². The Hall–Kier alpha value is -3.18. The largest absolute Gasteiger partial charge is 0.466 e. The number of aliphatic hydroxyl groups is 4. The third-order valence-corrected chi connectivity index (χ3v) is 11.9. The van der Waals surface area contributed by atoms with Crippen molar-refractivity contribution in [3.8, 4) is 0 Å². The molecule has 5 aliphatic heterocycles. The van der Waals surface area contributed by atoms with E-state index in [1.54, 1.807) is 60.6 Å². The Balaban J connectivity index is 1.57. The topological polar surface area (TPSA) is 214 Å². The molecule has 11 atom stereocenters. The lowest BCUT2D eigenvalue weighted by atomic mass is 9.70. The molecule has 0 radical (unpaired) electrons. The predicted octanol–water partition coefficient (Wildman–Crippen LogP) is 3.23. The van der Waals surface area contributed by atoms with E-state index in [0.717, 1.165) is 0 Å². The number of esters is 4. The van der Waals surface area contributed by atoms with Gasteiger partial charge in [0, 0.05) is 49.7 Å². The van der Waals surface area contributed by atoms with Crippen LogP contribution in [0.25, 0.3) is 0 Å². The van der Waals surface area contributed by atoms with Crippen molar-refractivity contribution in [1.82, 2.24) is 0 Å². The van der Waals surface area contributed by atoms with Crippen LogP contribution in [0.1, 0.15) is 107 Å². The Morgan fingerprint density at radius 2 is 1.66 bits per heavy atom. The van der Waals surface area contributed by atoms with Gasteiger partial charge in [-0.25, -0.2) is 9.59 Å². The van der Waals surface area contributed by atoms with Gasteiger partial charge < -0.3 is 53.6 Å². The van der Waals surface area contributed by atoms with Crippen molar-refractivity contribution in [2.45, 2.75) is 173 Å². The van der Waals surface area contributed by atoms with Crippen molar-refractivity contribution in [2.75, 3.05) is 7.11 Å². The molecule has 15 heteroatoms. The number of hydrogen-bond acceptors (Lipinski definition) is 15. The van der Waals surface area contributed by atoms with E-state index in [1.165, 1.54) is 26.2 Å². The van der Waals surface area contributed by atoms with E-state index < -0.39 is 113 Å². The van der Waals surface area contributed by atoms with Crippen molar-refractivity contribution in [3.63, 3.8) is 0 Å². The minimum absolute atomic E-state index is 0.0915. The maximum atomic E-state index is 13.3. The molecular formula is C41H60O15. The smallest absolute Gasteiger partial charge is 0.331 e. The predicted molar refractivity (Wildman–Crippen MR) is 197 cm³/mol. The fourth-order valence-electron chi connectivity index (χ4n) is 8.04. The highest BCUT2D eigenvalue weighted by Gasteiger charge is 2.59. The molecule has 6 bridgehead atoms. The van der Waals surface area contributed by atoms with Crippen LogP contribution in [0.15, 0.2) is 35.5 Å². The molecule has 0 spiro atoms. The molecule has 3 saturated heterocycles. The van der Waals surface area contributed by atoms with Crippen molar-refractivity contribution in [1.29, 1.82) is 0 Å². The standard InChI is InChI=1S/C41H60O15/c1-22(42)29-19-30-35-24(15-33(45)54-35)20-40(48,56-30)38(5,6)11-10-26-12-23(14-32(44)50-9)13-28(51-26)21-41(49)39(7,8)31(53-36(47)37(2,3)4)18-27(55-41)16-25(43)17-34(46)52-29/h10-11,14-15,22,25-31,35,42-43,48-49H,12-13,16-21H2,1-9H3/b11-10+,23-14+/t22-,25-,26+,27-,28+,29-,30-,31+,35+,40-,41+/m1/s1. The molecule has 15 nitrogen and oxygen atoms in total. The number of rotatable bonds is 3. The van der Waals surface area contributed by atoms with Gasteiger partial charge in [-0.05, 0) is 46.1 Å². The summed E-state index contributed by atoms with van der Waals surface area (Å²) in [5.74, 6) is -6.45. The van der Waals surface area contributed by atoms with Gasteiger partial charge >= 0.3 is 23.9 Å². The number of methoxy groups -OCH3 is 1. The average molecular weight is 793 g/mol. The maximum absolute atomic E-state index is 13.3. The number of hydrogen-bond donors (Lipinski definition) is 4. The molecule has 0 aromatic rings. The van der Waals surface area contributed by atoms with Gasteiger partial charge in [-0.2, -0.15) is 0 Å². The summed E-state index contributed by atoms with van der Waals surface area (Å²) in [5.41, 5.74) is -2.08. The van der Waals surface area contributed by atoms with E-state index in [-0.39, 0.29) is 44.9 Å². The summed E-state index contributed by atoms with van der Waals surface area (Å²) in [6.07, 6.45) is -3.16. The second kappa shape index (κ2) is 16.2. The van der Waals surface area contributed by atoms with Gasteiger partial charge in [0.15, 0.2) is 17.7 Å². The van der Waals surface area contributed by atoms with E-state index >= 15 is 0 Å². The van der Waals surface area contributed by atoms with E-state index in [9.17, 15) is 39.6 Å². The van der Waals surface area contributed by atoms with Gasteiger partial charge in [-0.3, -0.25) is 9.59 Å². The third-order valence-electron chi connectivity index (χ3n) is 11.9. The SMILES string of the molecule is COC(=O)/C=C1/C[C@H]2C[C@]3(O)O[C@H](C[C@@H](O)CC(=O)O[C@@H]([C@@H](C)O)C[C@H]4O[C@](O)(CC5=CC(=O)O[C@@H]54)C(C)(C)/C=C/[C@@H](C1)O2)C[C@H](OC(=O)C(C)(C)C)C3(C)C. The summed E-state index contributed by atoms with van der Waals surface area (Å²) >= 11 is 0. The molecule has 0 unspecified atom stereocenters. The fourth-order valence-corrected chi connectivity index (χ4v) is 8.04. The molecule has 56 heavy (non-hydrogen) atoms. The number of ether oxygens (including phenoxy) is 7. The van der Waals surface area contributed by atoms with Crippen LogP contribution in [0.4, 0.5) is 0 Å². The van der Waals surface area contributed by atoms with Crippen LogP contribution in [0.2, 0.25) is 0 Å². The zero-order valence-corrected chi connectivity index (χ0v) is 33.9. The monoisotopic (exact) mass is 792 g/mol. The van der Waals surface area contributed by atoms with E-state index in [1.807, 2.05) is 0 Å². The number of cyclic esters (lactones) is 1. The van der Waals surface area contributed by atoms with Crippen molar-refractivity contribution < 1.29 is 72.8 Å². The van der Waals surface area contributed by atoms with E-state index in [2.05, 4.69) is 0 Å². The first-order valence-electron chi connectivity index (χ1n) is 19.4. The number of aliphatic hydroxyl groups excluding tert-OH is 2. The lowest BCUT2D eigenvalue weighted by Crippen LogP contribution is -2.62. The van der Waals surface area contributed by atoms with Crippen LogP contribution >= 0.6 is 0 Å². The zero-order chi connectivity index (χ0) is 41.6. The summed E-state index contributed by atoms with van der Waals surface area (Å²) in [7, 11) is 1.27. The van der Waals surface area contributed by atoms with Gasteiger partial charge in [-0.15, -0.1) is 0 Å². The van der Waals surface area contributed by atoms with Gasteiger partial charge in [0.2, 0.25) is 0 Å². The molecule has 0 saturated carbocycles. The van der Waals surface area contributed by atoms with Crippen molar-refractivity contribution in [3.05, 3.63) is 35.5 Å². The van der Waals surface area contributed by atoms with Crippen LogP contribution in [-0.4, -0.2) is 118 Å². The molecule has 0 amide bonds. The van der Waals surface area contributed by atoms with Gasteiger partial charge in [0.25, 0.3) is 0 Å². The molecule has 0 aromatic carbocycles. The number of carbonyl (C=O) groups excluding carboxylic acids is 4. The maximum Gasteiger partial charge on any atom is 0.331 e. The highest BCUT2D eigenvalue weighted by molar-refractivity contribution is 5.86. The lowest BCUT2D eigenvalue weighted by molar-refractivity contribution is -0.349. The van der Waals surface area contributed by atoms with Crippen LogP contribution in [0.5, 0.6) is 0 Å². The molecule has 0 aliphatic carbocycles. The van der Waals surface area contributed by atoms with Crippen LogP contribution in [-0.2, 0) is 52.3 Å². The molecule has 4 N–H and O–H groups in total.